The summed E-state index contributed by atoms with van der Waals surface area (Å²) in [7, 11) is 1.67. The molecular weight excluding hydrogens is 505 g/mol. The van der Waals surface area contributed by atoms with Gasteiger partial charge in [0.1, 0.15) is 5.60 Å². The Morgan fingerprint density at radius 2 is 1.73 bits per heavy atom. The Morgan fingerprint density at radius 1 is 1.13 bits per heavy atom. The number of benzene rings is 1. The van der Waals surface area contributed by atoms with Crippen molar-refractivity contribution >= 4 is 36.0 Å². The van der Waals surface area contributed by atoms with Gasteiger partial charge in [-0.05, 0) is 64.5 Å². The Kier molecular flexibility index (Phi) is 10.8. The molecule has 30 heavy (non-hydrogen) atoms. The van der Waals surface area contributed by atoms with Crippen LogP contribution in [0.2, 0.25) is 0 Å². The fourth-order valence-corrected chi connectivity index (χ4v) is 3.30. The molecule has 0 spiro atoms. The highest BCUT2D eigenvalue weighted by Crippen LogP contribution is 2.19. The molecule has 1 aromatic carbocycles. The van der Waals surface area contributed by atoms with Crippen molar-refractivity contribution in [2.75, 3.05) is 13.6 Å². The normalized spacial score (nSPS) is 19.5. The van der Waals surface area contributed by atoms with Crippen LogP contribution < -0.4 is 16.0 Å². The molecule has 6 nitrogen and oxygen atoms in total. The lowest BCUT2D eigenvalue weighted by molar-refractivity contribution is 0.0490. The summed E-state index contributed by atoms with van der Waals surface area (Å²) in [5, 5.41) is 9.42. The predicted molar refractivity (Wildman–Crippen MR) is 125 cm³/mol. The van der Waals surface area contributed by atoms with E-state index in [0.717, 1.165) is 31.7 Å². The maximum Gasteiger partial charge on any atom is 0.407 e. The predicted octanol–water partition coefficient (Wildman–Crippen LogP) is 4.13. The number of ether oxygens (including phenoxy) is 1. The lowest BCUT2D eigenvalue weighted by Crippen LogP contribution is -2.48. The largest absolute Gasteiger partial charge is 0.444 e. The fraction of sp³-hybridized carbons (Fsp3) is 0.619. The van der Waals surface area contributed by atoms with Crippen molar-refractivity contribution < 1.29 is 18.3 Å². The molecule has 0 heterocycles. The van der Waals surface area contributed by atoms with Crippen LogP contribution in [0, 0.1) is 11.6 Å². The number of alkyl carbamates (subject to hydrolysis) is 1. The molecule has 0 saturated heterocycles. The number of carbonyl (C=O) groups excluding carboxylic acids is 1. The molecule has 0 bridgehead atoms. The highest BCUT2D eigenvalue weighted by atomic mass is 127. The van der Waals surface area contributed by atoms with Gasteiger partial charge in [-0.25, -0.2) is 13.6 Å². The van der Waals surface area contributed by atoms with Crippen molar-refractivity contribution in [3.63, 3.8) is 0 Å². The van der Waals surface area contributed by atoms with Crippen molar-refractivity contribution in [3.05, 3.63) is 35.4 Å². The topological polar surface area (TPSA) is 74.8 Å². The first-order chi connectivity index (χ1) is 13.7. The van der Waals surface area contributed by atoms with Gasteiger partial charge in [0, 0.05) is 25.7 Å². The molecule has 1 saturated carbocycles. The smallest absolute Gasteiger partial charge is 0.407 e. The number of hydrogen-bond acceptors (Lipinski definition) is 3. The quantitative estimate of drug-likeness (QED) is 0.300. The summed E-state index contributed by atoms with van der Waals surface area (Å²) in [6, 6.07) is 4.54. The van der Waals surface area contributed by atoms with E-state index in [1.54, 1.807) is 13.1 Å². The Bertz CT molecular complexity index is 717. The number of guanidine groups is 1. The van der Waals surface area contributed by atoms with E-state index in [1.165, 1.54) is 6.07 Å². The van der Waals surface area contributed by atoms with Crippen LogP contribution in [-0.2, 0) is 11.2 Å². The van der Waals surface area contributed by atoms with Crippen LogP contribution in [-0.4, -0.2) is 43.3 Å². The zero-order chi connectivity index (χ0) is 21.4. The average molecular weight is 538 g/mol. The fourth-order valence-electron chi connectivity index (χ4n) is 3.30. The third-order valence-electron chi connectivity index (χ3n) is 4.73. The molecule has 0 unspecified atom stereocenters. The van der Waals surface area contributed by atoms with Crippen LogP contribution in [0.4, 0.5) is 13.6 Å². The zero-order valence-electron chi connectivity index (χ0n) is 18.1. The molecule has 1 aromatic rings. The molecule has 9 heteroatoms. The number of halogens is 3. The SMILES string of the molecule is CN=C(NCCc1cccc(F)c1F)NC1CCC(NC(=O)OC(C)(C)C)CC1.I. The third kappa shape index (κ3) is 9.01. The number of aliphatic imine (C=N–C) groups is 1. The second-order valence-corrected chi connectivity index (χ2v) is 8.30. The summed E-state index contributed by atoms with van der Waals surface area (Å²) in [5.41, 5.74) is -0.170. The summed E-state index contributed by atoms with van der Waals surface area (Å²) in [6.07, 6.45) is 3.46. The summed E-state index contributed by atoms with van der Waals surface area (Å²) in [5.74, 6) is -1.000. The van der Waals surface area contributed by atoms with E-state index >= 15 is 0 Å². The van der Waals surface area contributed by atoms with Crippen LogP contribution in [0.25, 0.3) is 0 Å². The minimum atomic E-state index is -0.832. The number of rotatable bonds is 5. The van der Waals surface area contributed by atoms with E-state index < -0.39 is 17.2 Å². The number of amides is 1. The highest BCUT2D eigenvalue weighted by Gasteiger charge is 2.25. The van der Waals surface area contributed by atoms with Gasteiger partial charge in [-0.15, -0.1) is 24.0 Å². The lowest BCUT2D eigenvalue weighted by Gasteiger charge is -2.31. The Balaban J connectivity index is 0.00000450. The summed E-state index contributed by atoms with van der Waals surface area (Å²) in [6.45, 7) is 5.97. The van der Waals surface area contributed by atoms with Crippen LogP contribution in [0.3, 0.4) is 0 Å². The van der Waals surface area contributed by atoms with E-state index in [4.69, 9.17) is 4.74 Å². The third-order valence-corrected chi connectivity index (χ3v) is 4.73. The summed E-state index contributed by atoms with van der Waals surface area (Å²) < 4.78 is 32.3. The molecule has 1 fully saturated rings. The van der Waals surface area contributed by atoms with Gasteiger partial charge < -0.3 is 20.7 Å². The van der Waals surface area contributed by atoms with Crippen molar-refractivity contribution in [1.82, 2.24) is 16.0 Å². The van der Waals surface area contributed by atoms with E-state index in [0.29, 0.717) is 24.5 Å². The van der Waals surface area contributed by atoms with Gasteiger partial charge in [0.05, 0.1) is 0 Å². The standard InChI is InChI=1S/C21H32F2N4O2.HI/c1-21(2,3)29-20(28)27-16-10-8-15(9-11-16)26-19(24-4)25-13-12-14-6-5-7-17(22)18(14)23;/h5-7,15-16H,8-13H2,1-4H3,(H,27,28)(H2,24,25,26);1H. The van der Waals surface area contributed by atoms with Crippen molar-refractivity contribution in [3.8, 4) is 0 Å². The van der Waals surface area contributed by atoms with Crippen LogP contribution in [0.1, 0.15) is 52.0 Å². The minimum absolute atomic E-state index is 0. The first kappa shape index (κ1) is 26.4. The van der Waals surface area contributed by atoms with E-state index in [2.05, 4.69) is 20.9 Å². The van der Waals surface area contributed by atoms with Crippen molar-refractivity contribution in [2.45, 2.75) is 70.6 Å². The minimum Gasteiger partial charge on any atom is -0.444 e. The van der Waals surface area contributed by atoms with Gasteiger partial charge in [0.15, 0.2) is 17.6 Å². The maximum atomic E-state index is 13.7. The van der Waals surface area contributed by atoms with Crippen LogP contribution in [0.15, 0.2) is 23.2 Å². The van der Waals surface area contributed by atoms with Gasteiger partial charge in [0.25, 0.3) is 0 Å². The number of nitrogens with zero attached hydrogens (tertiary/aromatic N) is 1. The first-order valence-corrected chi connectivity index (χ1v) is 10.1. The Labute approximate surface area is 194 Å². The van der Waals surface area contributed by atoms with Crippen molar-refractivity contribution in [2.24, 2.45) is 4.99 Å². The number of carbonyl (C=O) groups is 1. The second-order valence-electron chi connectivity index (χ2n) is 8.30. The molecule has 2 rings (SSSR count). The zero-order valence-corrected chi connectivity index (χ0v) is 20.4. The van der Waals surface area contributed by atoms with Gasteiger partial charge in [-0.2, -0.15) is 0 Å². The molecule has 0 radical (unpaired) electrons. The van der Waals surface area contributed by atoms with Gasteiger partial charge >= 0.3 is 6.09 Å². The van der Waals surface area contributed by atoms with Gasteiger partial charge in [-0.3, -0.25) is 4.99 Å². The summed E-state index contributed by atoms with van der Waals surface area (Å²) in [4.78, 5) is 16.1. The van der Waals surface area contributed by atoms with Gasteiger partial charge in [0.2, 0.25) is 0 Å². The molecule has 1 amide bonds. The van der Waals surface area contributed by atoms with Crippen LogP contribution in [0.5, 0.6) is 0 Å². The lowest BCUT2D eigenvalue weighted by atomic mass is 9.91. The molecule has 0 atom stereocenters. The molecule has 1 aliphatic carbocycles. The number of nitrogens with one attached hydrogen (secondary N) is 3. The maximum absolute atomic E-state index is 13.7. The molecule has 170 valence electrons. The molecule has 0 aromatic heterocycles. The first-order valence-electron chi connectivity index (χ1n) is 10.1. The average Bonchev–Trinajstić information content (AvgIpc) is 2.64. The molecule has 0 aliphatic heterocycles. The molecule has 1 aliphatic rings. The monoisotopic (exact) mass is 538 g/mol. The second kappa shape index (κ2) is 12.3. The Morgan fingerprint density at radius 3 is 2.30 bits per heavy atom. The van der Waals surface area contributed by atoms with E-state index in [-0.39, 0.29) is 42.2 Å². The highest BCUT2D eigenvalue weighted by molar-refractivity contribution is 14.0. The van der Waals surface area contributed by atoms with E-state index in [1.807, 2.05) is 20.8 Å². The molecular formula is C21H33F2IN4O2. The summed E-state index contributed by atoms with van der Waals surface area (Å²) >= 11 is 0. The Hall–Kier alpha value is -1.65. The van der Waals surface area contributed by atoms with Crippen LogP contribution >= 0.6 is 24.0 Å². The number of hydrogen-bond donors (Lipinski definition) is 3. The van der Waals surface area contributed by atoms with Crippen molar-refractivity contribution in [1.29, 1.82) is 0 Å². The van der Waals surface area contributed by atoms with Gasteiger partial charge in [-0.1, -0.05) is 12.1 Å². The molecule has 3 N–H and O–H groups in total. The van der Waals surface area contributed by atoms with E-state index in [9.17, 15) is 13.6 Å².